The van der Waals surface area contributed by atoms with Crippen LogP contribution in [-0.4, -0.2) is 40.8 Å². The number of amides is 2. The van der Waals surface area contributed by atoms with Crippen LogP contribution in [0.4, 0.5) is 11.4 Å². The van der Waals surface area contributed by atoms with Gasteiger partial charge in [0.05, 0.1) is 4.92 Å². The van der Waals surface area contributed by atoms with Crippen molar-refractivity contribution in [3.8, 4) is 0 Å². The number of nitrogen functional groups attached to an aromatic ring is 1. The predicted octanol–water partition coefficient (Wildman–Crippen LogP) is -0.159. The molecule has 112 valence electrons. The van der Waals surface area contributed by atoms with E-state index in [1.807, 2.05) is 0 Å². The highest BCUT2D eigenvalue weighted by Gasteiger charge is 2.30. The average Bonchev–Trinajstić information content (AvgIpc) is 2.48. The van der Waals surface area contributed by atoms with E-state index in [-0.39, 0.29) is 28.8 Å². The van der Waals surface area contributed by atoms with Crippen LogP contribution in [0.1, 0.15) is 17.3 Å². The third kappa shape index (κ3) is 2.77. The van der Waals surface area contributed by atoms with Crippen LogP contribution in [0.15, 0.2) is 18.2 Å². The molecule has 9 heteroatoms. The number of piperazine rings is 1. The minimum atomic E-state index is -0.597. The number of benzene rings is 1. The fourth-order valence-electron chi connectivity index (χ4n) is 2.17. The molecule has 1 saturated heterocycles. The van der Waals surface area contributed by atoms with Crippen LogP contribution in [0.5, 0.6) is 0 Å². The molecule has 1 heterocycles. The first kappa shape index (κ1) is 14.7. The number of hydrogen-bond acceptors (Lipinski definition) is 6. The Bertz CT molecular complexity index is 603. The van der Waals surface area contributed by atoms with Crippen molar-refractivity contribution in [2.75, 3.05) is 18.5 Å². The number of nitro benzene ring substituents is 1. The molecule has 1 unspecified atom stereocenters. The van der Waals surface area contributed by atoms with Crippen molar-refractivity contribution in [1.82, 2.24) is 10.2 Å². The topological polar surface area (TPSA) is 131 Å². The van der Waals surface area contributed by atoms with Gasteiger partial charge in [-0.2, -0.15) is 0 Å². The number of carbonyl (C=O) groups excluding carboxylic acids is 2. The zero-order valence-electron chi connectivity index (χ0n) is 11.3. The van der Waals surface area contributed by atoms with Gasteiger partial charge in [0.1, 0.15) is 11.7 Å². The van der Waals surface area contributed by atoms with Crippen molar-refractivity contribution in [3.05, 3.63) is 33.9 Å². The van der Waals surface area contributed by atoms with E-state index in [1.165, 1.54) is 23.1 Å². The molecule has 0 aliphatic carbocycles. The number of carbonyl (C=O) groups is 2. The summed E-state index contributed by atoms with van der Waals surface area (Å²) in [5, 5.41) is 13.5. The molecule has 0 spiro atoms. The number of nitro groups is 1. The highest BCUT2D eigenvalue weighted by molar-refractivity contribution is 5.99. The van der Waals surface area contributed by atoms with Crippen molar-refractivity contribution in [3.63, 3.8) is 0 Å². The molecule has 1 aliphatic rings. The van der Waals surface area contributed by atoms with E-state index in [2.05, 4.69) is 10.7 Å². The van der Waals surface area contributed by atoms with Gasteiger partial charge in [-0.1, -0.05) is 0 Å². The molecule has 21 heavy (non-hydrogen) atoms. The minimum Gasteiger partial charge on any atom is -0.353 e. The molecular weight excluding hydrogens is 278 g/mol. The maximum Gasteiger partial charge on any atom is 0.293 e. The van der Waals surface area contributed by atoms with Gasteiger partial charge in [0, 0.05) is 24.7 Å². The Morgan fingerprint density at radius 1 is 1.57 bits per heavy atom. The number of nitrogens with zero attached hydrogens (tertiary/aromatic N) is 2. The van der Waals surface area contributed by atoms with Gasteiger partial charge in [-0.15, -0.1) is 0 Å². The summed E-state index contributed by atoms with van der Waals surface area (Å²) in [5.74, 6) is 4.64. The van der Waals surface area contributed by atoms with E-state index < -0.39 is 11.0 Å². The second kappa shape index (κ2) is 5.75. The molecule has 4 N–H and O–H groups in total. The lowest BCUT2D eigenvalue weighted by Gasteiger charge is -2.32. The number of hydrazine groups is 1. The monoisotopic (exact) mass is 293 g/mol. The van der Waals surface area contributed by atoms with Gasteiger partial charge in [0.25, 0.3) is 11.6 Å². The third-order valence-corrected chi connectivity index (χ3v) is 3.36. The van der Waals surface area contributed by atoms with E-state index in [4.69, 9.17) is 5.84 Å². The summed E-state index contributed by atoms with van der Waals surface area (Å²) in [7, 11) is 0. The molecular formula is C12H15N5O4. The van der Waals surface area contributed by atoms with Crippen LogP contribution in [0.25, 0.3) is 0 Å². The van der Waals surface area contributed by atoms with Crippen LogP contribution in [0.2, 0.25) is 0 Å². The first-order valence-electron chi connectivity index (χ1n) is 6.29. The number of hydrogen-bond donors (Lipinski definition) is 3. The molecule has 1 aromatic rings. The summed E-state index contributed by atoms with van der Waals surface area (Å²) < 4.78 is 0. The Labute approximate surface area is 120 Å². The van der Waals surface area contributed by atoms with Gasteiger partial charge in [-0.05, 0) is 19.1 Å². The van der Waals surface area contributed by atoms with Gasteiger partial charge < -0.3 is 15.6 Å². The number of rotatable bonds is 3. The highest BCUT2D eigenvalue weighted by Crippen LogP contribution is 2.25. The van der Waals surface area contributed by atoms with E-state index in [0.717, 1.165) is 0 Å². The predicted molar refractivity (Wildman–Crippen MR) is 74.4 cm³/mol. The molecule has 2 rings (SSSR count). The van der Waals surface area contributed by atoms with Crippen LogP contribution < -0.4 is 16.6 Å². The number of anilines is 1. The molecule has 1 aliphatic heterocycles. The lowest BCUT2D eigenvalue weighted by atomic mass is 10.1. The van der Waals surface area contributed by atoms with E-state index in [0.29, 0.717) is 13.1 Å². The second-order valence-electron chi connectivity index (χ2n) is 4.60. The van der Waals surface area contributed by atoms with Crippen molar-refractivity contribution in [2.45, 2.75) is 13.0 Å². The lowest BCUT2D eigenvalue weighted by Crippen LogP contribution is -2.55. The molecule has 0 bridgehead atoms. The number of nitrogens with two attached hydrogens (primary N) is 1. The Morgan fingerprint density at radius 2 is 2.29 bits per heavy atom. The Kier molecular flexibility index (Phi) is 4.03. The van der Waals surface area contributed by atoms with Gasteiger partial charge in [0.15, 0.2) is 0 Å². The zero-order valence-corrected chi connectivity index (χ0v) is 11.3. The molecule has 1 fully saturated rings. The smallest absolute Gasteiger partial charge is 0.293 e. The van der Waals surface area contributed by atoms with E-state index >= 15 is 0 Å². The standard InChI is InChI=1S/C12H15N5O4/c1-7-11(18)14-4-5-16(7)12(19)8-2-3-10(17(20)21)9(6-8)15-13/h2-3,6-7,15H,4-5,13H2,1H3,(H,14,18). The maximum atomic E-state index is 12.4. The largest absolute Gasteiger partial charge is 0.353 e. The van der Waals surface area contributed by atoms with Crippen molar-refractivity contribution < 1.29 is 14.5 Å². The van der Waals surface area contributed by atoms with Crippen molar-refractivity contribution in [1.29, 1.82) is 0 Å². The van der Waals surface area contributed by atoms with Crippen molar-refractivity contribution >= 4 is 23.2 Å². The normalized spacial score (nSPS) is 18.1. The zero-order chi connectivity index (χ0) is 15.6. The molecule has 1 aromatic carbocycles. The fraction of sp³-hybridized carbons (Fsp3) is 0.333. The average molecular weight is 293 g/mol. The summed E-state index contributed by atoms with van der Waals surface area (Å²) in [4.78, 5) is 35.6. The molecule has 0 saturated carbocycles. The Hall–Kier alpha value is -2.68. The summed E-state index contributed by atoms with van der Waals surface area (Å²) in [5.41, 5.74) is 2.25. The van der Waals surface area contributed by atoms with Crippen LogP contribution in [0.3, 0.4) is 0 Å². The first-order valence-corrected chi connectivity index (χ1v) is 6.29. The maximum absolute atomic E-state index is 12.4. The van der Waals surface area contributed by atoms with Gasteiger partial charge in [-0.3, -0.25) is 25.5 Å². The van der Waals surface area contributed by atoms with Crippen molar-refractivity contribution in [2.24, 2.45) is 5.84 Å². The second-order valence-corrected chi connectivity index (χ2v) is 4.60. The first-order chi connectivity index (χ1) is 9.95. The highest BCUT2D eigenvalue weighted by atomic mass is 16.6. The van der Waals surface area contributed by atoms with E-state index in [9.17, 15) is 19.7 Å². The van der Waals surface area contributed by atoms with Crippen LogP contribution >= 0.6 is 0 Å². The lowest BCUT2D eigenvalue weighted by molar-refractivity contribution is -0.384. The van der Waals surface area contributed by atoms with Gasteiger partial charge in [0.2, 0.25) is 5.91 Å². The molecule has 1 atom stereocenters. The minimum absolute atomic E-state index is 0.0416. The molecule has 0 radical (unpaired) electrons. The van der Waals surface area contributed by atoms with Crippen LogP contribution in [0, 0.1) is 10.1 Å². The van der Waals surface area contributed by atoms with E-state index in [1.54, 1.807) is 6.92 Å². The van der Waals surface area contributed by atoms with Gasteiger partial charge in [-0.25, -0.2) is 0 Å². The summed E-state index contributed by atoms with van der Waals surface area (Å²) >= 11 is 0. The van der Waals surface area contributed by atoms with Gasteiger partial charge >= 0.3 is 0 Å². The molecule has 2 amide bonds. The molecule has 9 nitrogen and oxygen atoms in total. The molecule has 0 aromatic heterocycles. The Morgan fingerprint density at radius 3 is 2.90 bits per heavy atom. The Balaban J connectivity index is 2.31. The summed E-state index contributed by atoms with van der Waals surface area (Å²) in [6.07, 6.45) is 0. The fourth-order valence-corrected chi connectivity index (χ4v) is 2.17. The quantitative estimate of drug-likeness (QED) is 0.403. The SMILES string of the molecule is CC1C(=O)NCCN1C(=O)c1ccc([N+](=O)[O-])c(NN)c1. The third-order valence-electron chi connectivity index (χ3n) is 3.36. The summed E-state index contributed by atoms with van der Waals surface area (Å²) in [6, 6.07) is 3.27. The van der Waals surface area contributed by atoms with Crippen LogP contribution in [-0.2, 0) is 4.79 Å². The summed E-state index contributed by atoms with van der Waals surface area (Å²) in [6.45, 7) is 2.39. The number of nitrogens with one attached hydrogen (secondary N) is 2.